The van der Waals surface area contributed by atoms with Crippen LogP contribution in [0.4, 0.5) is 0 Å². The quantitative estimate of drug-likeness (QED) is 0.173. The fourth-order valence-electron chi connectivity index (χ4n) is 4.47. The van der Waals surface area contributed by atoms with Crippen LogP contribution in [0.15, 0.2) is 81.1 Å². The molecule has 0 unspecified atom stereocenters. The molecule has 0 saturated heterocycles. The first-order chi connectivity index (χ1) is 18.7. The number of aromatic nitrogens is 3. The minimum Gasteiger partial charge on any atom is -0.489 e. The third-order valence-corrected chi connectivity index (χ3v) is 7.69. The minimum atomic E-state index is -0.195. The molecule has 0 saturated carbocycles. The predicted octanol–water partition coefficient (Wildman–Crippen LogP) is 7.90. The largest absolute Gasteiger partial charge is 0.489 e. The molecule has 198 valence electrons. The van der Waals surface area contributed by atoms with Crippen molar-refractivity contribution < 1.29 is 4.74 Å². The van der Waals surface area contributed by atoms with E-state index in [9.17, 15) is 4.79 Å². The van der Waals surface area contributed by atoms with Gasteiger partial charge in [0, 0.05) is 33.5 Å². The molecule has 0 aliphatic rings. The summed E-state index contributed by atoms with van der Waals surface area (Å²) in [6.45, 7) is 6.42. The highest BCUT2D eigenvalue weighted by molar-refractivity contribution is 9.10. The maximum atomic E-state index is 13.2. The lowest BCUT2D eigenvalue weighted by atomic mass is 10.2. The van der Waals surface area contributed by atoms with Crippen molar-refractivity contribution in [1.82, 2.24) is 14.2 Å². The molecule has 39 heavy (non-hydrogen) atoms. The van der Waals surface area contributed by atoms with Crippen molar-refractivity contribution in [3.05, 3.63) is 120 Å². The smallest absolute Gasteiger partial charge is 0.282 e. The predicted molar refractivity (Wildman–Crippen MR) is 162 cm³/mol. The molecule has 0 aliphatic carbocycles. The van der Waals surface area contributed by atoms with Gasteiger partial charge in [-0.15, -0.1) is 0 Å². The Labute approximate surface area is 244 Å². The van der Waals surface area contributed by atoms with E-state index in [1.54, 1.807) is 24.4 Å². The molecular formula is C30H25BrCl2N4O2. The Morgan fingerprint density at radius 1 is 1.00 bits per heavy atom. The fraction of sp³-hybridized carbons (Fsp3) is 0.167. The van der Waals surface area contributed by atoms with Gasteiger partial charge in [-0.3, -0.25) is 4.79 Å². The van der Waals surface area contributed by atoms with E-state index in [0.29, 0.717) is 39.8 Å². The molecule has 0 N–H and O–H groups in total. The van der Waals surface area contributed by atoms with Gasteiger partial charge < -0.3 is 9.30 Å². The summed E-state index contributed by atoms with van der Waals surface area (Å²) in [5.74, 6) is 1.35. The van der Waals surface area contributed by atoms with Crippen molar-refractivity contribution in [3.8, 4) is 11.4 Å². The summed E-state index contributed by atoms with van der Waals surface area (Å²) in [6.07, 6.45) is 2.30. The molecule has 5 rings (SSSR count). The van der Waals surface area contributed by atoms with Crippen molar-refractivity contribution in [3.63, 3.8) is 0 Å². The number of fused-ring (bicyclic) bond motifs is 1. The van der Waals surface area contributed by atoms with Crippen LogP contribution in [-0.4, -0.2) is 20.4 Å². The van der Waals surface area contributed by atoms with Crippen LogP contribution >= 0.6 is 39.1 Å². The highest BCUT2D eigenvalue weighted by Gasteiger charge is 2.12. The zero-order chi connectivity index (χ0) is 27.7. The molecule has 2 aromatic heterocycles. The zero-order valence-electron chi connectivity index (χ0n) is 21.6. The second-order valence-electron chi connectivity index (χ2n) is 9.10. The standard InChI is InChI=1S/C30H25BrCl2N4O2/c1-4-29-35-28-12-6-22(31)15-25(28)30(38)37(29)34-16-21-13-18(2)36(19(21)3)23-7-9-24(10-8-23)39-17-20-5-11-26(32)27(33)14-20/h5-16H,4,17H2,1-3H3. The first-order valence-corrected chi connectivity index (χ1v) is 13.9. The molecule has 0 bridgehead atoms. The SMILES string of the molecule is CCc1nc2ccc(Br)cc2c(=O)n1N=Cc1cc(C)n(-c2ccc(OCc3ccc(Cl)c(Cl)c3)cc2)c1C. The van der Waals surface area contributed by atoms with Gasteiger partial charge in [-0.05, 0) is 80.1 Å². The van der Waals surface area contributed by atoms with Gasteiger partial charge in [0.1, 0.15) is 18.2 Å². The third kappa shape index (κ3) is 5.66. The molecule has 0 spiro atoms. The van der Waals surface area contributed by atoms with E-state index in [2.05, 4.69) is 36.6 Å². The van der Waals surface area contributed by atoms with E-state index >= 15 is 0 Å². The second-order valence-corrected chi connectivity index (χ2v) is 10.8. The topological polar surface area (TPSA) is 61.4 Å². The van der Waals surface area contributed by atoms with Crippen molar-refractivity contribution >= 4 is 56.2 Å². The maximum Gasteiger partial charge on any atom is 0.282 e. The van der Waals surface area contributed by atoms with Crippen LogP contribution in [0.5, 0.6) is 5.75 Å². The van der Waals surface area contributed by atoms with E-state index in [-0.39, 0.29) is 5.56 Å². The van der Waals surface area contributed by atoms with Crippen LogP contribution < -0.4 is 10.3 Å². The normalized spacial score (nSPS) is 11.5. The number of rotatable bonds is 7. The van der Waals surface area contributed by atoms with Gasteiger partial charge >= 0.3 is 0 Å². The Balaban J connectivity index is 1.39. The number of benzene rings is 3. The molecule has 5 aromatic rings. The summed E-state index contributed by atoms with van der Waals surface area (Å²) in [5, 5.41) is 6.11. The molecule has 6 nitrogen and oxygen atoms in total. The van der Waals surface area contributed by atoms with E-state index in [0.717, 1.165) is 38.4 Å². The van der Waals surface area contributed by atoms with Crippen LogP contribution in [0.2, 0.25) is 10.0 Å². The maximum absolute atomic E-state index is 13.2. The summed E-state index contributed by atoms with van der Waals surface area (Å²) in [4.78, 5) is 17.9. The highest BCUT2D eigenvalue weighted by Crippen LogP contribution is 2.25. The van der Waals surface area contributed by atoms with Gasteiger partial charge in [0.15, 0.2) is 0 Å². The van der Waals surface area contributed by atoms with Gasteiger partial charge in [0.25, 0.3) is 5.56 Å². The highest BCUT2D eigenvalue weighted by atomic mass is 79.9. The first kappa shape index (κ1) is 27.2. The number of nitrogens with zero attached hydrogens (tertiary/aromatic N) is 4. The molecule has 0 atom stereocenters. The molecule has 0 amide bonds. The van der Waals surface area contributed by atoms with Gasteiger partial charge in [0.2, 0.25) is 0 Å². The Kier molecular flexibility index (Phi) is 7.93. The number of halogens is 3. The third-order valence-electron chi connectivity index (χ3n) is 6.46. The molecule has 3 aromatic carbocycles. The lowest BCUT2D eigenvalue weighted by molar-refractivity contribution is 0.306. The molecule has 0 radical (unpaired) electrons. The fourth-order valence-corrected chi connectivity index (χ4v) is 5.15. The summed E-state index contributed by atoms with van der Waals surface area (Å²) in [5.41, 5.74) is 5.36. The Morgan fingerprint density at radius 2 is 1.77 bits per heavy atom. The van der Waals surface area contributed by atoms with Crippen LogP contribution in [-0.2, 0) is 13.0 Å². The average molecular weight is 624 g/mol. The van der Waals surface area contributed by atoms with E-state index in [1.165, 1.54) is 4.68 Å². The van der Waals surface area contributed by atoms with E-state index in [1.807, 2.05) is 63.2 Å². The summed E-state index contributed by atoms with van der Waals surface area (Å²) >= 11 is 15.5. The number of hydrogen-bond acceptors (Lipinski definition) is 4. The lowest BCUT2D eigenvalue weighted by Crippen LogP contribution is -2.22. The number of aryl methyl sites for hydroxylation is 2. The van der Waals surface area contributed by atoms with Crippen molar-refractivity contribution in [1.29, 1.82) is 0 Å². The summed E-state index contributed by atoms with van der Waals surface area (Å²) in [7, 11) is 0. The van der Waals surface area contributed by atoms with Gasteiger partial charge in [-0.25, -0.2) is 4.98 Å². The monoisotopic (exact) mass is 622 g/mol. The average Bonchev–Trinajstić information content (AvgIpc) is 3.21. The summed E-state index contributed by atoms with van der Waals surface area (Å²) < 4.78 is 10.3. The van der Waals surface area contributed by atoms with Gasteiger partial charge in [-0.2, -0.15) is 9.78 Å². The molecule has 9 heteroatoms. The molecular weight excluding hydrogens is 599 g/mol. The second kappa shape index (κ2) is 11.4. The van der Waals surface area contributed by atoms with E-state index in [4.69, 9.17) is 27.9 Å². The lowest BCUT2D eigenvalue weighted by Gasteiger charge is -2.12. The van der Waals surface area contributed by atoms with Gasteiger partial charge in [0.05, 0.1) is 27.2 Å². The number of ether oxygens (including phenoxy) is 1. The van der Waals surface area contributed by atoms with Crippen LogP contribution in [0.1, 0.15) is 35.3 Å². The van der Waals surface area contributed by atoms with Crippen molar-refractivity contribution in [2.24, 2.45) is 5.10 Å². The molecule has 0 aliphatic heterocycles. The van der Waals surface area contributed by atoms with Crippen molar-refractivity contribution in [2.45, 2.75) is 33.8 Å². The van der Waals surface area contributed by atoms with Crippen LogP contribution in [0.25, 0.3) is 16.6 Å². The van der Waals surface area contributed by atoms with Crippen LogP contribution in [0, 0.1) is 13.8 Å². The summed E-state index contributed by atoms with van der Waals surface area (Å²) in [6, 6.07) is 20.9. The Bertz CT molecular complexity index is 1780. The van der Waals surface area contributed by atoms with Crippen LogP contribution in [0.3, 0.4) is 0 Å². The Hall–Kier alpha value is -3.39. The number of hydrogen-bond donors (Lipinski definition) is 0. The molecule has 2 heterocycles. The first-order valence-electron chi connectivity index (χ1n) is 12.4. The van der Waals surface area contributed by atoms with Crippen molar-refractivity contribution in [2.75, 3.05) is 0 Å². The van der Waals surface area contributed by atoms with Gasteiger partial charge in [-0.1, -0.05) is 52.1 Å². The van der Waals surface area contributed by atoms with E-state index < -0.39 is 0 Å². The minimum absolute atomic E-state index is 0.195. The molecule has 0 fully saturated rings. The zero-order valence-corrected chi connectivity index (χ0v) is 24.7. The Morgan fingerprint density at radius 3 is 2.49 bits per heavy atom.